The highest BCUT2D eigenvalue weighted by molar-refractivity contribution is 5.96. The van der Waals surface area contributed by atoms with Gasteiger partial charge in [-0.05, 0) is 48.2 Å². The van der Waals surface area contributed by atoms with Crippen molar-refractivity contribution in [2.24, 2.45) is 5.73 Å². The SMILES string of the molecule is CC1=C(C#N)C(c2cccc3ncc(-c4ccccc4)cc23)C(C(=O)OC(c2ccccc2)C(C)NC(=O)OCc2ccccc2)=C(N)N1. The van der Waals surface area contributed by atoms with Crippen LogP contribution in [0.3, 0.4) is 0 Å². The maximum Gasteiger partial charge on any atom is 0.407 e. The average Bonchev–Trinajstić information content (AvgIpc) is 3.13. The van der Waals surface area contributed by atoms with Gasteiger partial charge in [-0.1, -0.05) is 103 Å². The van der Waals surface area contributed by atoms with Crippen molar-refractivity contribution in [2.75, 3.05) is 0 Å². The summed E-state index contributed by atoms with van der Waals surface area (Å²) in [5.74, 6) is -1.52. The number of carbonyl (C=O) groups is 2. The van der Waals surface area contributed by atoms with E-state index in [1.54, 1.807) is 20.0 Å². The number of pyridine rings is 1. The second kappa shape index (κ2) is 14.6. The van der Waals surface area contributed by atoms with E-state index < -0.39 is 30.1 Å². The van der Waals surface area contributed by atoms with Crippen LogP contribution in [0, 0.1) is 11.3 Å². The van der Waals surface area contributed by atoms with E-state index in [1.165, 1.54) is 0 Å². The zero-order valence-corrected chi connectivity index (χ0v) is 27.1. The Morgan fingerprint density at radius 3 is 2.31 bits per heavy atom. The van der Waals surface area contributed by atoms with E-state index in [9.17, 15) is 14.9 Å². The second-order valence-electron chi connectivity index (χ2n) is 11.8. The lowest BCUT2D eigenvalue weighted by atomic mass is 9.80. The van der Waals surface area contributed by atoms with Crippen LogP contribution in [0.25, 0.3) is 22.0 Å². The van der Waals surface area contributed by atoms with Crippen LogP contribution in [0.4, 0.5) is 4.79 Å². The molecule has 1 amide bonds. The smallest absolute Gasteiger partial charge is 0.407 e. The van der Waals surface area contributed by atoms with E-state index in [4.69, 9.17) is 20.2 Å². The number of hydrogen-bond acceptors (Lipinski definition) is 8. The molecule has 9 heteroatoms. The number of alkyl carbamates (subject to hydrolysis) is 1. The molecule has 5 aromatic rings. The molecule has 4 N–H and O–H groups in total. The number of esters is 1. The average molecular weight is 650 g/mol. The lowest BCUT2D eigenvalue weighted by molar-refractivity contribution is -0.146. The Kier molecular flexibility index (Phi) is 9.68. The monoisotopic (exact) mass is 649 g/mol. The van der Waals surface area contributed by atoms with Crippen molar-refractivity contribution >= 4 is 23.0 Å². The molecule has 4 aromatic carbocycles. The standard InChI is InChI=1S/C40H35N5O4/c1-25-33(22-41)35(31-19-12-20-34-32(31)21-30(23-43-34)28-15-8-4-9-16-28)36(38(42)44-25)39(46)49-37(29-17-10-5-11-18-29)26(2)45-40(47)48-24-27-13-6-3-7-14-27/h3-21,23,26,35,37,44H,24,42H2,1-2H3,(H,45,47). The third-order valence-electron chi connectivity index (χ3n) is 8.49. The molecule has 1 aliphatic heterocycles. The van der Waals surface area contributed by atoms with Crippen molar-refractivity contribution in [1.82, 2.24) is 15.6 Å². The number of amides is 1. The molecule has 0 aliphatic carbocycles. The molecule has 0 saturated carbocycles. The number of rotatable bonds is 9. The van der Waals surface area contributed by atoms with E-state index in [1.807, 2.05) is 115 Å². The molecule has 2 heterocycles. The highest BCUT2D eigenvalue weighted by Crippen LogP contribution is 2.41. The van der Waals surface area contributed by atoms with Gasteiger partial charge in [-0.15, -0.1) is 0 Å². The molecule has 49 heavy (non-hydrogen) atoms. The third kappa shape index (κ3) is 7.14. The van der Waals surface area contributed by atoms with Crippen molar-refractivity contribution < 1.29 is 19.1 Å². The van der Waals surface area contributed by atoms with Gasteiger partial charge in [0.1, 0.15) is 18.5 Å². The van der Waals surface area contributed by atoms with Crippen molar-refractivity contribution in [3.8, 4) is 17.2 Å². The number of nitriles is 1. The van der Waals surface area contributed by atoms with E-state index >= 15 is 0 Å². The van der Waals surface area contributed by atoms with E-state index in [0.717, 1.165) is 22.1 Å². The molecule has 0 bridgehead atoms. The van der Waals surface area contributed by atoms with Crippen molar-refractivity contribution in [2.45, 2.75) is 38.5 Å². The number of nitrogens with two attached hydrogens (primary N) is 1. The van der Waals surface area contributed by atoms with Crippen LogP contribution in [-0.4, -0.2) is 23.1 Å². The first kappa shape index (κ1) is 32.5. The molecule has 0 saturated heterocycles. The van der Waals surface area contributed by atoms with E-state index in [2.05, 4.69) is 16.7 Å². The molecule has 6 rings (SSSR count). The van der Waals surface area contributed by atoms with Gasteiger partial charge in [-0.2, -0.15) is 5.26 Å². The second-order valence-corrected chi connectivity index (χ2v) is 11.8. The predicted molar refractivity (Wildman–Crippen MR) is 187 cm³/mol. The van der Waals surface area contributed by atoms with Crippen LogP contribution in [0.2, 0.25) is 0 Å². The third-order valence-corrected chi connectivity index (χ3v) is 8.49. The minimum absolute atomic E-state index is 0.0744. The Morgan fingerprint density at radius 1 is 0.939 bits per heavy atom. The number of benzene rings is 4. The Labute approximate surface area is 284 Å². The van der Waals surface area contributed by atoms with Crippen LogP contribution in [0.5, 0.6) is 0 Å². The first-order chi connectivity index (χ1) is 23.8. The maximum atomic E-state index is 14.4. The summed E-state index contributed by atoms with van der Waals surface area (Å²) in [5, 5.41) is 17.0. The van der Waals surface area contributed by atoms with E-state index in [-0.39, 0.29) is 18.0 Å². The molecule has 244 valence electrons. The largest absolute Gasteiger partial charge is 0.452 e. The number of carbonyl (C=O) groups excluding carboxylic acids is 2. The summed E-state index contributed by atoms with van der Waals surface area (Å²) in [7, 11) is 0. The quantitative estimate of drug-likeness (QED) is 0.143. The topological polar surface area (TPSA) is 139 Å². The number of fused-ring (bicyclic) bond motifs is 1. The van der Waals surface area contributed by atoms with Crippen LogP contribution in [0.1, 0.15) is 42.6 Å². The summed E-state index contributed by atoms with van der Waals surface area (Å²) in [6, 6.07) is 37.5. The number of allylic oxidation sites excluding steroid dienone is 2. The molecule has 0 fully saturated rings. The number of nitrogens with one attached hydrogen (secondary N) is 2. The fraction of sp³-hybridized carbons (Fsp3) is 0.150. The maximum absolute atomic E-state index is 14.4. The van der Waals surface area contributed by atoms with Crippen LogP contribution in [-0.2, 0) is 20.9 Å². The van der Waals surface area contributed by atoms with Gasteiger partial charge in [0.15, 0.2) is 0 Å². The first-order valence-electron chi connectivity index (χ1n) is 15.9. The van der Waals surface area contributed by atoms with Crippen LogP contribution in [0.15, 0.2) is 144 Å². The zero-order chi connectivity index (χ0) is 34.3. The summed E-state index contributed by atoms with van der Waals surface area (Å²) < 4.78 is 11.7. The lowest BCUT2D eigenvalue weighted by Crippen LogP contribution is -2.40. The molecule has 1 aromatic heterocycles. The summed E-state index contributed by atoms with van der Waals surface area (Å²) in [5.41, 5.74) is 12.2. The van der Waals surface area contributed by atoms with E-state index in [0.29, 0.717) is 27.9 Å². The normalized spacial score (nSPS) is 15.5. The van der Waals surface area contributed by atoms with Crippen LogP contribution < -0.4 is 16.4 Å². The van der Waals surface area contributed by atoms with Gasteiger partial charge in [-0.25, -0.2) is 9.59 Å². The van der Waals surface area contributed by atoms with Gasteiger partial charge < -0.3 is 25.8 Å². The Hall–Kier alpha value is -6.40. The number of nitrogens with zero attached hydrogens (tertiary/aromatic N) is 2. The highest BCUT2D eigenvalue weighted by atomic mass is 16.6. The summed E-state index contributed by atoms with van der Waals surface area (Å²) >= 11 is 0. The Balaban J connectivity index is 1.34. The fourth-order valence-electron chi connectivity index (χ4n) is 6.06. The van der Waals surface area contributed by atoms with Gasteiger partial charge in [-0.3, -0.25) is 4.98 Å². The highest BCUT2D eigenvalue weighted by Gasteiger charge is 2.38. The number of ether oxygens (including phenoxy) is 2. The van der Waals surface area contributed by atoms with Gasteiger partial charge in [0.25, 0.3) is 0 Å². The molecule has 3 atom stereocenters. The number of aromatic nitrogens is 1. The minimum Gasteiger partial charge on any atom is -0.452 e. The Morgan fingerprint density at radius 2 is 1.61 bits per heavy atom. The molecule has 0 spiro atoms. The molecule has 9 nitrogen and oxygen atoms in total. The summed E-state index contributed by atoms with van der Waals surface area (Å²) in [4.78, 5) is 31.9. The summed E-state index contributed by atoms with van der Waals surface area (Å²) in [6.07, 6.45) is 0.224. The Bertz CT molecular complexity index is 2090. The van der Waals surface area contributed by atoms with Crippen LogP contribution >= 0.6 is 0 Å². The summed E-state index contributed by atoms with van der Waals surface area (Å²) in [6.45, 7) is 3.56. The first-order valence-corrected chi connectivity index (χ1v) is 15.9. The van der Waals surface area contributed by atoms with Gasteiger partial charge >= 0.3 is 12.1 Å². The fourth-order valence-corrected chi connectivity index (χ4v) is 6.06. The predicted octanol–water partition coefficient (Wildman–Crippen LogP) is 7.16. The van der Waals surface area contributed by atoms with Gasteiger partial charge in [0.05, 0.1) is 34.7 Å². The minimum atomic E-state index is -0.921. The molecule has 1 aliphatic rings. The van der Waals surface area contributed by atoms with Gasteiger partial charge in [0.2, 0.25) is 0 Å². The molecule has 0 radical (unpaired) electrons. The molecular formula is C40H35N5O4. The van der Waals surface area contributed by atoms with Crippen molar-refractivity contribution in [3.05, 3.63) is 161 Å². The van der Waals surface area contributed by atoms with Crippen molar-refractivity contribution in [1.29, 1.82) is 5.26 Å². The van der Waals surface area contributed by atoms with Crippen molar-refractivity contribution in [3.63, 3.8) is 0 Å². The zero-order valence-electron chi connectivity index (χ0n) is 27.1. The molecule has 3 unspecified atom stereocenters. The number of dihydropyridines is 1. The van der Waals surface area contributed by atoms with Gasteiger partial charge in [0, 0.05) is 22.8 Å². The molecular weight excluding hydrogens is 614 g/mol. The number of hydrogen-bond donors (Lipinski definition) is 3. The lowest BCUT2D eigenvalue weighted by Gasteiger charge is -2.31.